The maximum absolute atomic E-state index is 11.9. The van der Waals surface area contributed by atoms with Gasteiger partial charge in [-0.1, -0.05) is 41.4 Å². The largest absolute Gasteiger partial charge is 0.289 e. The average molecular weight is 277 g/mol. The van der Waals surface area contributed by atoms with Crippen LogP contribution in [0.3, 0.4) is 0 Å². The topological polar surface area (TPSA) is 17.1 Å². The second kappa shape index (κ2) is 5.85. The van der Waals surface area contributed by atoms with Crippen molar-refractivity contribution in [1.82, 2.24) is 0 Å². The number of hydrogen-bond acceptors (Lipinski definition) is 1. The average Bonchev–Trinajstić information content (AvgIpc) is 2.38. The molecule has 0 spiro atoms. The lowest BCUT2D eigenvalue weighted by molar-refractivity contribution is 0.104. The van der Waals surface area contributed by atoms with E-state index in [0.29, 0.717) is 15.6 Å². The lowest BCUT2D eigenvalue weighted by atomic mass is 10.1. The van der Waals surface area contributed by atoms with Crippen LogP contribution in [0.5, 0.6) is 0 Å². The van der Waals surface area contributed by atoms with Gasteiger partial charge in [-0.05, 0) is 48.0 Å². The van der Waals surface area contributed by atoms with Gasteiger partial charge in [0, 0.05) is 15.6 Å². The van der Waals surface area contributed by atoms with Crippen LogP contribution in [0.1, 0.15) is 15.9 Å². The molecular weight excluding hydrogens is 267 g/mol. The number of halogens is 2. The van der Waals surface area contributed by atoms with Crippen LogP contribution >= 0.6 is 23.2 Å². The molecule has 90 valence electrons. The smallest absolute Gasteiger partial charge is 0.185 e. The van der Waals surface area contributed by atoms with Crippen molar-refractivity contribution in [3.8, 4) is 0 Å². The monoisotopic (exact) mass is 276 g/mol. The van der Waals surface area contributed by atoms with Crippen LogP contribution in [0.2, 0.25) is 10.0 Å². The lowest BCUT2D eigenvalue weighted by Gasteiger charge is -1.98. The zero-order valence-corrected chi connectivity index (χ0v) is 10.9. The van der Waals surface area contributed by atoms with Gasteiger partial charge >= 0.3 is 0 Å². The molecule has 0 fully saturated rings. The van der Waals surface area contributed by atoms with Crippen LogP contribution < -0.4 is 0 Å². The van der Waals surface area contributed by atoms with E-state index in [1.807, 2.05) is 18.2 Å². The summed E-state index contributed by atoms with van der Waals surface area (Å²) in [6, 6.07) is 14.1. The van der Waals surface area contributed by atoms with Crippen molar-refractivity contribution in [2.75, 3.05) is 0 Å². The van der Waals surface area contributed by atoms with Crippen molar-refractivity contribution in [1.29, 1.82) is 0 Å². The molecule has 0 amide bonds. The summed E-state index contributed by atoms with van der Waals surface area (Å²) in [5.74, 6) is -0.0772. The van der Waals surface area contributed by atoms with E-state index >= 15 is 0 Å². The summed E-state index contributed by atoms with van der Waals surface area (Å²) in [5.41, 5.74) is 1.42. The van der Waals surface area contributed by atoms with E-state index in [9.17, 15) is 4.79 Å². The Bertz CT molecular complexity index is 586. The molecule has 3 heteroatoms. The predicted octanol–water partition coefficient (Wildman–Crippen LogP) is 4.89. The van der Waals surface area contributed by atoms with E-state index in [1.54, 1.807) is 36.4 Å². The number of rotatable bonds is 3. The summed E-state index contributed by atoms with van der Waals surface area (Å²) in [6.45, 7) is 0. The van der Waals surface area contributed by atoms with Crippen LogP contribution in [0, 0.1) is 0 Å². The SMILES string of the molecule is O=C(C=Cc1ccccc1Cl)c1ccc(Cl)cc1. The van der Waals surface area contributed by atoms with Crippen molar-refractivity contribution < 1.29 is 4.79 Å². The second-order valence-corrected chi connectivity index (χ2v) is 4.57. The van der Waals surface area contributed by atoms with E-state index in [2.05, 4.69) is 0 Å². The summed E-state index contributed by atoms with van der Waals surface area (Å²) in [7, 11) is 0. The Balaban J connectivity index is 2.17. The van der Waals surface area contributed by atoms with Gasteiger partial charge in [-0.2, -0.15) is 0 Å². The number of ketones is 1. The summed E-state index contributed by atoms with van der Waals surface area (Å²) in [6.07, 6.45) is 3.21. The molecule has 2 rings (SSSR count). The molecule has 0 N–H and O–H groups in total. The molecular formula is C15H10Cl2O. The minimum atomic E-state index is -0.0772. The molecule has 18 heavy (non-hydrogen) atoms. The second-order valence-electron chi connectivity index (χ2n) is 3.73. The third-order valence-electron chi connectivity index (χ3n) is 2.45. The lowest BCUT2D eigenvalue weighted by Crippen LogP contribution is -1.93. The first-order valence-electron chi connectivity index (χ1n) is 5.39. The fourth-order valence-corrected chi connectivity index (χ4v) is 1.81. The van der Waals surface area contributed by atoms with Gasteiger partial charge in [-0.3, -0.25) is 4.79 Å². The van der Waals surface area contributed by atoms with Gasteiger partial charge in [-0.25, -0.2) is 0 Å². The Hall–Kier alpha value is -1.57. The van der Waals surface area contributed by atoms with Gasteiger partial charge in [-0.15, -0.1) is 0 Å². The minimum Gasteiger partial charge on any atom is -0.289 e. The summed E-state index contributed by atoms with van der Waals surface area (Å²) in [4.78, 5) is 11.9. The third-order valence-corrected chi connectivity index (χ3v) is 3.04. The zero-order chi connectivity index (χ0) is 13.0. The molecule has 2 aromatic carbocycles. The van der Waals surface area contributed by atoms with Gasteiger partial charge in [0.1, 0.15) is 0 Å². The highest BCUT2D eigenvalue weighted by molar-refractivity contribution is 6.32. The van der Waals surface area contributed by atoms with Crippen molar-refractivity contribution in [2.24, 2.45) is 0 Å². The fourth-order valence-electron chi connectivity index (χ4n) is 1.49. The molecule has 0 atom stereocenters. The molecule has 0 heterocycles. The van der Waals surface area contributed by atoms with Crippen molar-refractivity contribution in [3.05, 3.63) is 75.8 Å². The molecule has 0 bridgehead atoms. The van der Waals surface area contributed by atoms with Gasteiger partial charge < -0.3 is 0 Å². The standard InChI is InChI=1S/C15H10Cl2O/c16-13-8-5-12(6-9-13)15(18)10-7-11-3-1-2-4-14(11)17/h1-10H. The van der Waals surface area contributed by atoms with Crippen LogP contribution in [0.4, 0.5) is 0 Å². The van der Waals surface area contributed by atoms with E-state index in [-0.39, 0.29) is 5.78 Å². The highest BCUT2D eigenvalue weighted by Gasteiger charge is 2.01. The van der Waals surface area contributed by atoms with Crippen molar-refractivity contribution >= 4 is 35.1 Å². The van der Waals surface area contributed by atoms with E-state index in [0.717, 1.165) is 5.56 Å². The zero-order valence-electron chi connectivity index (χ0n) is 9.44. The van der Waals surface area contributed by atoms with Crippen LogP contribution in [0.25, 0.3) is 6.08 Å². The molecule has 0 aromatic heterocycles. The van der Waals surface area contributed by atoms with Crippen LogP contribution in [-0.4, -0.2) is 5.78 Å². The Kier molecular flexibility index (Phi) is 4.19. The first kappa shape index (κ1) is 12.9. The Morgan fingerprint density at radius 3 is 2.28 bits per heavy atom. The number of carbonyl (C=O) groups is 1. The van der Waals surface area contributed by atoms with E-state index in [1.165, 1.54) is 6.08 Å². The normalized spacial score (nSPS) is 10.8. The molecule has 2 aromatic rings. The highest BCUT2D eigenvalue weighted by Crippen LogP contribution is 2.17. The maximum atomic E-state index is 11.9. The van der Waals surface area contributed by atoms with Gasteiger partial charge in [0.25, 0.3) is 0 Å². The van der Waals surface area contributed by atoms with Gasteiger partial charge in [0.15, 0.2) is 5.78 Å². The van der Waals surface area contributed by atoms with E-state index < -0.39 is 0 Å². The molecule has 0 saturated heterocycles. The molecule has 1 nitrogen and oxygen atoms in total. The highest BCUT2D eigenvalue weighted by atomic mass is 35.5. The first-order valence-corrected chi connectivity index (χ1v) is 6.15. The van der Waals surface area contributed by atoms with Crippen LogP contribution in [-0.2, 0) is 0 Å². The summed E-state index contributed by atoms with van der Waals surface area (Å²) < 4.78 is 0. The van der Waals surface area contributed by atoms with Gasteiger partial charge in [0.2, 0.25) is 0 Å². The fraction of sp³-hybridized carbons (Fsp3) is 0. The number of benzene rings is 2. The Morgan fingerprint density at radius 2 is 1.61 bits per heavy atom. The van der Waals surface area contributed by atoms with E-state index in [4.69, 9.17) is 23.2 Å². The molecule has 0 aliphatic heterocycles. The minimum absolute atomic E-state index is 0.0772. The van der Waals surface area contributed by atoms with Crippen molar-refractivity contribution in [2.45, 2.75) is 0 Å². The van der Waals surface area contributed by atoms with Crippen molar-refractivity contribution in [3.63, 3.8) is 0 Å². The Labute approximate surface area is 116 Å². The number of carbonyl (C=O) groups excluding carboxylic acids is 1. The predicted molar refractivity (Wildman–Crippen MR) is 76.3 cm³/mol. The molecule has 0 saturated carbocycles. The number of hydrogen-bond donors (Lipinski definition) is 0. The number of allylic oxidation sites excluding steroid dienone is 1. The maximum Gasteiger partial charge on any atom is 0.185 e. The molecule has 0 aliphatic rings. The summed E-state index contributed by atoms with van der Waals surface area (Å²) >= 11 is 11.8. The third kappa shape index (κ3) is 3.22. The quantitative estimate of drug-likeness (QED) is 0.576. The first-order chi connectivity index (χ1) is 8.66. The van der Waals surface area contributed by atoms with Crippen LogP contribution in [0.15, 0.2) is 54.6 Å². The van der Waals surface area contributed by atoms with Gasteiger partial charge in [0.05, 0.1) is 0 Å². The molecule has 0 unspecified atom stereocenters. The molecule has 0 radical (unpaired) electrons. The Morgan fingerprint density at radius 1 is 0.944 bits per heavy atom. The summed E-state index contributed by atoms with van der Waals surface area (Å²) in [5, 5.41) is 1.24. The molecule has 0 aliphatic carbocycles.